The van der Waals surface area contributed by atoms with Crippen LogP contribution in [0.2, 0.25) is 0 Å². The lowest BCUT2D eigenvalue weighted by Crippen LogP contribution is -2.39. The molecule has 0 unspecified atom stereocenters. The average Bonchev–Trinajstić information content (AvgIpc) is 2.82. The molecule has 1 atom stereocenters. The number of amides is 1. The highest BCUT2D eigenvalue weighted by Crippen LogP contribution is 2.28. The number of aromatic nitrogens is 2. The van der Waals surface area contributed by atoms with E-state index in [1.165, 1.54) is 60.9 Å². The molecule has 1 heterocycles. The topological polar surface area (TPSA) is 46.9 Å². The third-order valence-corrected chi connectivity index (χ3v) is 6.87. The fourth-order valence-corrected chi connectivity index (χ4v) is 5.52. The zero-order valence-electron chi connectivity index (χ0n) is 14.6. The zero-order chi connectivity index (χ0) is 18.5. The van der Waals surface area contributed by atoms with E-state index in [-0.39, 0.29) is 17.0 Å². The van der Waals surface area contributed by atoms with Crippen LogP contribution in [-0.4, -0.2) is 27.0 Å². The van der Waals surface area contributed by atoms with Gasteiger partial charge in [-0.2, -0.15) is 0 Å². The predicted octanol–water partition coefficient (Wildman–Crippen LogP) is 5.12. The Morgan fingerprint density at radius 2 is 1.96 bits per heavy atom. The van der Waals surface area contributed by atoms with Crippen molar-refractivity contribution in [1.82, 2.24) is 15.1 Å². The average molecular weight is 412 g/mol. The molecule has 1 aliphatic carbocycles. The summed E-state index contributed by atoms with van der Waals surface area (Å²) in [4.78, 5) is 12.5. The minimum absolute atomic E-state index is 0.0522. The van der Waals surface area contributed by atoms with Gasteiger partial charge in [0.2, 0.25) is 5.91 Å². The van der Waals surface area contributed by atoms with E-state index in [0.717, 1.165) is 22.9 Å². The molecule has 0 radical (unpaired) electrons. The Bertz CT molecular complexity index is 795. The number of hydrogen-bond donors (Lipinski definition) is 1. The van der Waals surface area contributed by atoms with Gasteiger partial charge in [0.05, 0.1) is 10.9 Å². The summed E-state index contributed by atoms with van der Waals surface area (Å²) in [5, 5.41) is 7.43. The van der Waals surface area contributed by atoms with E-state index < -0.39 is 0 Å². The molecule has 8 heteroatoms. The van der Waals surface area contributed by atoms with Crippen molar-refractivity contribution in [2.75, 3.05) is 0 Å². The Hall–Kier alpha value is -1.25. The van der Waals surface area contributed by atoms with E-state index in [2.05, 4.69) is 10.4 Å². The van der Waals surface area contributed by atoms with Gasteiger partial charge in [-0.25, -0.2) is 9.07 Å². The second-order valence-corrected chi connectivity index (χ2v) is 9.69. The van der Waals surface area contributed by atoms with E-state index in [1.54, 1.807) is 16.8 Å². The van der Waals surface area contributed by atoms with Crippen molar-refractivity contribution in [1.29, 1.82) is 0 Å². The Morgan fingerprint density at radius 3 is 2.62 bits per heavy atom. The minimum Gasteiger partial charge on any atom is -0.352 e. The second-order valence-electron chi connectivity index (χ2n) is 6.48. The molecule has 26 heavy (non-hydrogen) atoms. The van der Waals surface area contributed by atoms with E-state index in [4.69, 9.17) is 12.2 Å². The van der Waals surface area contributed by atoms with Crippen LogP contribution in [0, 0.1) is 9.77 Å². The van der Waals surface area contributed by atoms with Gasteiger partial charge in [0, 0.05) is 6.04 Å². The van der Waals surface area contributed by atoms with Crippen LogP contribution in [0.25, 0.3) is 5.69 Å². The van der Waals surface area contributed by atoms with Crippen molar-refractivity contribution in [2.45, 2.75) is 61.1 Å². The quantitative estimate of drug-likeness (QED) is 0.421. The molecule has 1 saturated carbocycles. The second kappa shape index (κ2) is 9.10. The van der Waals surface area contributed by atoms with Gasteiger partial charge in [-0.15, -0.1) is 5.10 Å². The number of halogens is 1. The van der Waals surface area contributed by atoms with Crippen molar-refractivity contribution in [3.8, 4) is 5.69 Å². The summed E-state index contributed by atoms with van der Waals surface area (Å²) in [6.45, 7) is 1.89. The Kier molecular flexibility index (Phi) is 6.83. The third-order valence-electron chi connectivity index (χ3n) is 4.45. The number of nitrogens with one attached hydrogen (secondary N) is 1. The molecule has 1 aromatic carbocycles. The van der Waals surface area contributed by atoms with Crippen LogP contribution in [0.4, 0.5) is 4.39 Å². The normalized spacial score (nSPS) is 16.8. The summed E-state index contributed by atoms with van der Waals surface area (Å²) in [7, 11) is 0. The first-order chi connectivity index (χ1) is 12.5. The molecule has 140 valence electrons. The standard InChI is InChI=1S/C18H22FN3OS3/c1-12(16(23)20-14-6-4-2-3-5-7-14)25-17-21-22(18(24)26-17)15-10-8-13(19)9-11-15/h8-12,14H,2-7H2,1H3,(H,20,23)/t12-/m0/s1. The van der Waals surface area contributed by atoms with Crippen LogP contribution in [0.15, 0.2) is 28.6 Å². The molecule has 1 fully saturated rings. The highest BCUT2D eigenvalue weighted by atomic mass is 32.2. The van der Waals surface area contributed by atoms with Gasteiger partial charge in [0.25, 0.3) is 0 Å². The zero-order valence-corrected chi connectivity index (χ0v) is 17.1. The van der Waals surface area contributed by atoms with Crippen molar-refractivity contribution in [3.05, 3.63) is 34.0 Å². The van der Waals surface area contributed by atoms with Gasteiger partial charge in [-0.05, 0) is 56.2 Å². The summed E-state index contributed by atoms with van der Waals surface area (Å²) >= 11 is 8.14. The van der Waals surface area contributed by atoms with E-state index in [0.29, 0.717) is 10.00 Å². The number of carbonyl (C=O) groups excluding carboxylic acids is 1. The van der Waals surface area contributed by atoms with Crippen molar-refractivity contribution in [3.63, 3.8) is 0 Å². The van der Waals surface area contributed by atoms with E-state index >= 15 is 0 Å². The molecule has 0 aliphatic heterocycles. The van der Waals surface area contributed by atoms with Gasteiger partial charge in [-0.1, -0.05) is 48.8 Å². The number of benzene rings is 1. The van der Waals surface area contributed by atoms with Crippen LogP contribution < -0.4 is 5.32 Å². The molecule has 2 aromatic rings. The van der Waals surface area contributed by atoms with Crippen LogP contribution in [0.3, 0.4) is 0 Å². The molecule has 1 aliphatic rings. The van der Waals surface area contributed by atoms with Crippen LogP contribution in [0.1, 0.15) is 45.4 Å². The summed E-state index contributed by atoms with van der Waals surface area (Å²) < 4.78 is 16.0. The van der Waals surface area contributed by atoms with Gasteiger partial charge in [0.15, 0.2) is 8.29 Å². The summed E-state index contributed by atoms with van der Waals surface area (Å²) in [6, 6.07) is 6.34. The number of nitrogens with zero attached hydrogens (tertiary/aromatic N) is 2. The maximum Gasteiger partial charge on any atom is 0.233 e. The largest absolute Gasteiger partial charge is 0.352 e. The number of thioether (sulfide) groups is 1. The molecule has 1 N–H and O–H groups in total. The van der Waals surface area contributed by atoms with Crippen molar-refractivity contribution < 1.29 is 9.18 Å². The molecule has 3 rings (SSSR count). The summed E-state index contributed by atoms with van der Waals surface area (Å²) in [6.07, 6.45) is 7.05. The first kappa shape index (κ1) is 19.5. The van der Waals surface area contributed by atoms with Crippen LogP contribution in [-0.2, 0) is 4.79 Å². The summed E-state index contributed by atoms with van der Waals surface area (Å²) in [5.74, 6) is -0.245. The molecule has 4 nitrogen and oxygen atoms in total. The third kappa shape index (κ3) is 5.14. The molecular formula is C18H22FN3OS3. The lowest BCUT2D eigenvalue weighted by Gasteiger charge is -2.18. The number of hydrogen-bond acceptors (Lipinski definition) is 5. The molecule has 0 bridgehead atoms. The Labute approximate surface area is 166 Å². The smallest absolute Gasteiger partial charge is 0.233 e. The molecule has 0 spiro atoms. The van der Waals surface area contributed by atoms with Crippen LogP contribution in [0.5, 0.6) is 0 Å². The molecule has 1 amide bonds. The number of carbonyl (C=O) groups is 1. The highest BCUT2D eigenvalue weighted by Gasteiger charge is 2.21. The van der Waals surface area contributed by atoms with Gasteiger partial charge in [0.1, 0.15) is 5.82 Å². The first-order valence-electron chi connectivity index (χ1n) is 8.86. The van der Waals surface area contributed by atoms with Gasteiger partial charge >= 0.3 is 0 Å². The lowest BCUT2D eigenvalue weighted by atomic mass is 10.1. The fourth-order valence-electron chi connectivity index (χ4n) is 3.00. The SMILES string of the molecule is C[C@H](Sc1nn(-c2ccc(F)cc2)c(=S)s1)C(=O)NC1CCCCCC1. The Morgan fingerprint density at radius 1 is 1.31 bits per heavy atom. The molecular weight excluding hydrogens is 389 g/mol. The van der Waals surface area contributed by atoms with Crippen molar-refractivity contribution >= 4 is 41.2 Å². The van der Waals surface area contributed by atoms with Crippen LogP contribution >= 0.6 is 35.3 Å². The van der Waals surface area contributed by atoms with Gasteiger partial charge < -0.3 is 5.32 Å². The maximum absolute atomic E-state index is 13.1. The Balaban J connectivity index is 1.63. The van der Waals surface area contributed by atoms with Gasteiger partial charge in [-0.3, -0.25) is 4.79 Å². The maximum atomic E-state index is 13.1. The number of rotatable bonds is 5. The van der Waals surface area contributed by atoms with E-state index in [9.17, 15) is 9.18 Å². The molecule has 0 saturated heterocycles. The predicted molar refractivity (Wildman–Crippen MR) is 107 cm³/mol. The summed E-state index contributed by atoms with van der Waals surface area (Å²) in [5.41, 5.74) is 0.718. The monoisotopic (exact) mass is 411 g/mol. The minimum atomic E-state index is -0.297. The molecule has 1 aromatic heterocycles. The first-order valence-corrected chi connectivity index (χ1v) is 11.0. The van der Waals surface area contributed by atoms with E-state index in [1.807, 2.05) is 6.92 Å². The highest BCUT2D eigenvalue weighted by molar-refractivity contribution is 8.02. The van der Waals surface area contributed by atoms with Crippen molar-refractivity contribution in [2.24, 2.45) is 0 Å². The lowest BCUT2D eigenvalue weighted by molar-refractivity contribution is -0.121. The fraction of sp³-hybridized carbons (Fsp3) is 0.500.